The van der Waals surface area contributed by atoms with Crippen molar-refractivity contribution in [3.8, 4) is 11.5 Å². The summed E-state index contributed by atoms with van der Waals surface area (Å²) in [6.07, 6.45) is 2.95. The van der Waals surface area contributed by atoms with Crippen LogP contribution in [0.1, 0.15) is 16.7 Å². The Morgan fingerprint density at radius 1 is 1.30 bits per heavy atom. The van der Waals surface area contributed by atoms with E-state index in [-0.39, 0.29) is 12.4 Å². The minimum Gasteiger partial charge on any atom is -0.503 e. The van der Waals surface area contributed by atoms with E-state index in [4.69, 9.17) is 9.47 Å². The molecule has 120 valence electrons. The van der Waals surface area contributed by atoms with E-state index in [0.29, 0.717) is 15.8 Å². The van der Waals surface area contributed by atoms with Crippen LogP contribution < -0.4 is 4.74 Å². The Hall–Kier alpha value is -2.27. The van der Waals surface area contributed by atoms with Gasteiger partial charge >= 0.3 is 5.97 Å². The number of aromatic hydroxyl groups is 1. The van der Waals surface area contributed by atoms with E-state index in [2.05, 4.69) is 15.9 Å². The molecule has 0 atom stereocenters. The summed E-state index contributed by atoms with van der Waals surface area (Å²) in [5.41, 5.74) is 2.76. The minimum absolute atomic E-state index is 0.0202. The number of ether oxygens (including phenoxy) is 2. The summed E-state index contributed by atoms with van der Waals surface area (Å²) in [4.78, 5) is 11.8. The Labute approximate surface area is 143 Å². The molecule has 0 amide bonds. The molecule has 0 aliphatic rings. The first-order chi connectivity index (χ1) is 11.0. The summed E-state index contributed by atoms with van der Waals surface area (Å²) in [6.45, 7) is 2.21. The molecule has 0 radical (unpaired) electrons. The van der Waals surface area contributed by atoms with Crippen LogP contribution in [0.4, 0.5) is 0 Å². The van der Waals surface area contributed by atoms with Gasteiger partial charge in [-0.15, -0.1) is 0 Å². The van der Waals surface area contributed by atoms with Crippen molar-refractivity contribution in [1.29, 1.82) is 0 Å². The number of rotatable bonds is 5. The zero-order chi connectivity index (χ0) is 16.8. The van der Waals surface area contributed by atoms with Gasteiger partial charge in [0.1, 0.15) is 6.61 Å². The smallest absolute Gasteiger partial charge is 0.331 e. The van der Waals surface area contributed by atoms with Gasteiger partial charge in [-0.2, -0.15) is 0 Å². The highest BCUT2D eigenvalue weighted by molar-refractivity contribution is 9.10. The van der Waals surface area contributed by atoms with E-state index in [0.717, 1.165) is 11.1 Å². The number of esters is 1. The number of benzene rings is 2. The van der Waals surface area contributed by atoms with Gasteiger partial charge in [0.05, 0.1) is 11.6 Å². The first-order valence-corrected chi connectivity index (χ1v) is 7.76. The van der Waals surface area contributed by atoms with Gasteiger partial charge in [0.25, 0.3) is 0 Å². The fraction of sp³-hybridized carbons (Fsp3) is 0.167. The Morgan fingerprint density at radius 3 is 2.74 bits per heavy atom. The quantitative estimate of drug-likeness (QED) is 0.626. The van der Waals surface area contributed by atoms with Gasteiger partial charge in [0.15, 0.2) is 11.5 Å². The summed E-state index contributed by atoms with van der Waals surface area (Å²) in [5.74, 6) is -0.0875. The van der Waals surface area contributed by atoms with Crippen molar-refractivity contribution in [2.45, 2.75) is 13.5 Å². The van der Waals surface area contributed by atoms with Gasteiger partial charge in [-0.3, -0.25) is 0 Å². The van der Waals surface area contributed by atoms with Crippen LogP contribution in [0.25, 0.3) is 6.08 Å². The predicted octanol–water partition coefficient (Wildman–Crippen LogP) is 4.23. The van der Waals surface area contributed by atoms with Crippen molar-refractivity contribution in [2.24, 2.45) is 0 Å². The zero-order valence-corrected chi connectivity index (χ0v) is 14.5. The average molecular weight is 377 g/mol. The van der Waals surface area contributed by atoms with Gasteiger partial charge in [-0.1, -0.05) is 24.3 Å². The van der Waals surface area contributed by atoms with Crippen LogP contribution in [0.15, 0.2) is 46.9 Å². The van der Waals surface area contributed by atoms with Crippen LogP contribution in [-0.2, 0) is 16.1 Å². The van der Waals surface area contributed by atoms with E-state index in [9.17, 15) is 9.90 Å². The molecule has 0 saturated carbocycles. The first-order valence-electron chi connectivity index (χ1n) is 6.97. The van der Waals surface area contributed by atoms with Crippen LogP contribution in [0.5, 0.6) is 11.5 Å². The molecule has 2 aromatic carbocycles. The number of phenolic OH excluding ortho intramolecular Hbond substituents is 1. The lowest BCUT2D eigenvalue weighted by Crippen LogP contribution is -2.01. The molecule has 0 unspecified atom stereocenters. The molecule has 0 fully saturated rings. The van der Waals surface area contributed by atoms with E-state index in [1.165, 1.54) is 13.2 Å². The second-order valence-electron chi connectivity index (χ2n) is 4.92. The Kier molecular flexibility index (Phi) is 5.82. The van der Waals surface area contributed by atoms with Crippen LogP contribution in [0.3, 0.4) is 0 Å². The molecule has 1 N–H and O–H groups in total. The second kappa shape index (κ2) is 7.83. The van der Waals surface area contributed by atoms with Crippen molar-refractivity contribution in [3.63, 3.8) is 0 Å². The van der Waals surface area contributed by atoms with Crippen molar-refractivity contribution < 1.29 is 19.4 Å². The third-order valence-corrected chi connectivity index (χ3v) is 3.92. The number of hydrogen-bond acceptors (Lipinski definition) is 4. The maximum Gasteiger partial charge on any atom is 0.331 e. The Morgan fingerprint density at radius 2 is 2.04 bits per heavy atom. The third kappa shape index (κ3) is 4.60. The summed E-state index contributed by atoms with van der Waals surface area (Å²) in [6, 6.07) is 11.1. The highest BCUT2D eigenvalue weighted by Gasteiger charge is 2.07. The van der Waals surface area contributed by atoms with E-state index in [1.54, 1.807) is 18.2 Å². The van der Waals surface area contributed by atoms with E-state index >= 15 is 0 Å². The van der Waals surface area contributed by atoms with Crippen LogP contribution in [0, 0.1) is 6.92 Å². The molecule has 0 heterocycles. The standard InChI is InChI=1S/C18H17BrO4/c1-12-5-3-4-6-14(12)11-23-17(20)8-7-13-9-15(19)18(21)16(10-13)22-2/h3-10,21H,11H2,1-2H3/b8-7+. The highest BCUT2D eigenvalue weighted by Crippen LogP contribution is 2.35. The van der Waals surface area contributed by atoms with Gasteiger partial charge in [0.2, 0.25) is 0 Å². The number of carbonyl (C=O) groups excluding carboxylic acids is 1. The molecule has 0 aliphatic heterocycles. The van der Waals surface area contributed by atoms with Gasteiger partial charge in [-0.25, -0.2) is 4.79 Å². The molecule has 2 aromatic rings. The van der Waals surface area contributed by atoms with Crippen molar-refractivity contribution in [3.05, 3.63) is 63.6 Å². The molecule has 0 saturated heterocycles. The maximum atomic E-state index is 11.8. The normalized spacial score (nSPS) is 10.7. The zero-order valence-electron chi connectivity index (χ0n) is 12.9. The number of hydrogen-bond donors (Lipinski definition) is 1. The van der Waals surface area contributed by atoms with Crippen LogP contribution in [0.2, 0.25) is 0 Å². The summed E-state index contributed by atoms with van der Waals surface area (Å²) >= 11 is 3.23. The number of aryl methyl sites for hydroxylation is 1. The van der Waals surface area contributed by atoms with Crippen LogP contribution in [-0.4, -0.2) is 18.2 Å². The molecular weight excluding hydrogens is 360 g/mol. The molecule has 23 heavy (non-hydrogen) atoms. The lowest BCUT2D eigenvalue weighted by Gasteiger charge is -2.07. The molecule has 5 heteroatoms. The lowest BCUT2D eigenvalue weighted by molar-refractivity contribution is -0.138. The minimum atomic E-state index is -0.434. The fourth-order valence-corrected chi connectivity index (χ4v) is 2.44. The second-order valence-corrected chi connectivity index (χ2v) is 5.78. The molecule has 0 bridgehead atoms. The first kappa shape index (κ1) is 17.1. The molecule has 0 aliphatic carbocycles. The molecule has 2 rings (SSSR count). The number of halogens is 1. The molecule has 4 nitrogen and oxygen atoms in total. The SMILES string of the molecule is COc1cc(/C=C/C(=O)OCc2ccccc2C)cc(Br)c1O. The van der Waals surface area contributed by atoms with Gasteiger partial charge in [0, 0.05) is 6.08 Å². The number of phenols is 1. The van der Waals surface area contributed by atoms with Gasteiger partial charge < -0.3 is 14.6 Å². The Bertz CT molecular complexity index is 738. The van der Waals surface area contributed by atoms with Gasteiger partial charge in [-0.05, 0) is 57.8 Å². The largest absolute Gasteiger partial charge is 0.503 e. The fourth-order valence-electron chi connectivity index (χ4n) is 1.98. The predicted molar refractivity (Wildman–Crippen MR) is 92.4 cm³/mol. The topological polar surface area (TPSA) is 55.8 Å². The average Bonchev–Trinajstić information content (AvgIpc) is 2.55. The monoisotopic (exact) mass is 376 g/mol. The summed E-state index contributed by atoms with van der Waals surface area (Å²) in [7, 11) is 1.46. The molecule has 0 aromatic heterocycles. The highest BCUT2D eigenvalue weighted by atomic mass is 79.9. The summed E-state index contributed by atoms with van der Waals surface area (Å²) in [5, 5.41) is 9.75. The van der Waals surface area contributed by atoms with Crippen molar-refractivity contribution >= 4 is 28.0 Å². The summed E-state index contributed by atoms with van der Waals surface area (Å²) < 4.78 is 10.8. The molecular formula is C18H17BrO4. The van der Waals surface area contributed by atoms with Crippen molar-refractivity contribution in [2.75, 3.05) is 7.11 Å². The van der Waals surface area contributed by atoms with E-state index in [1.807, 2.05) is 31.2 Å². The van der Waals surface area contributed by atoms with E-state index < -0.39 is 5.97 Å². The lowest BCUT2D eigenvalue weighted by atomic mass is 10.1. The molecule has 0 spiro atoms. The number of methoxy groups -OCH3 is 1. The van der Waals surface area contributed by atoms with Crippen LogP contribution >= 0.6 is 15.9 Å². The van der Waals surface area contributed by atoms with Crippen molar-refractivity contribution in [1.82, 2.24) is 0 Å². The number of carbonyl (C=O) groups is 1. The maximum absolute atomic E-state index is 11.8. The third-order valence-electron chi connectivity index (χ3n) is 3.31. The Balaban J connectivity index is 2.01.